The minimum Gasteiger partial charge on any atom is -0.411 e. The van der Waals surface area contributed by atoms with Crippen molar-refractivity contribution in [3.8, 4) is 0 Å². The van der Waals surface area contributed by atoms with E-state index in [9.17, 15) is 9.59 Å². The lowest BCUT2D eigenvalue weighted by Crippen LogP contribution is -2.49. The Bertz CT molecular complexity index is 641. The summed E-state index contributed by atoms with van der Waals surface area (Å²) >= 11 is 0. The van der Waals surface area contributed by atoms with Crippen molar-refractivity contribution in [2.24, 2.45) is 0 Å². The lowest BCUT2D eigenvalue weighted by molar-refractivity contribution is 0.0615. The zero-order chi connectivity index (χ0) is 18.5. The largest absolute Gasteiger partial charge is 0.411 e. The summed E-state index contributed by atoms with van der Waals surface area (Å²) in [5, 5.41) is 0. The quantitative estimate of drug-likeness (QED) is 0.550. The van der Waals surface area contributed by atoms with Gasteiger partial charge in [0.1, 0.15) is 0 Å². The van der Waals surface area contributed by atoms with E-state index in [1.807, 2.05) is 12.1 Å². The molecule has 1 aliphatic heterocycles. The van der Waals surface area contributed by atoms with Crippen LogP contribution in [0.25, 0.3) is 0 Å². The highest BCUT2D eigenvalue weighted by Crippen LogP contribution is 2.48. The summed E-state index contributed by atoms with van der Waals surface area (Å²) < 4.78 is 6.75. The Balaban J connectivity index is 1.79. The second-order valence-corrected chi connectivity index (χ2v) is 13.7. The van der Waals surface area contributed by atoms with Gasteiger partial charge in [0.05, 0.1) is 23.3 Å². The third-order valence-electron chi connectivity index (χ3n) is 5.92. The topological polar surface area (TPSA) is 46.6 Å². The van der Waals surface area contributed by atoms with Gasteiger partial charge in [-0.25, -0.2) is 0 Å². The van der Waals surface area contributed by atoms with Gasteiger partial charge in [-0.15, -0.1) is 0 Å². The fourth-order valence-electron chi connectivity index (χ4n) is 4.74. The normalized spacial score (nSPS) is 23.2. The fraction of sp³-hybridized carbons (Fsp3) is 0.600. The Labute approximate surface area is 151 Å². The van der Waals surface area contributed by atoms with E-state index < -0.39 is 8.32 Å². The van der Waals surface area contributed by atoms with Crippen molar-refractivity contribution >= 4 is 20.1 Å². The molecular weight excluding hydrogens is 330 g/mol. The molecule has 25 heavy (non-hydrogen) atoms. The molecular formula is C20H29NO3Si. The van der Waals surface area contributed by atoms with Crippen LogP contribution >= 0.6 is 0 Å². The van der Waals surface area contributed by atoms with Crippen LogP contribution in [0.4, 0.5) is 0 Å². The van der Waals surface area contributed by atoms with E-state index in [0.29, 0.717) is 27.8 Å². The number of imide groups is 1. The molecule has 2 amide bonds. The first-order chi connectivity index (χ1) is 11.7. The lowest BCUT2D eigenvalue weighted by Gasteiger charge is -2.42. The third-order valence-corrected chi connectivity index (χ3v) is 12.0. The summed E-state index contributed by atoms with van der Waals surface area (Å²) in [7, 11) is -1.99. The number of benzene rings is 1. The van der Waals surface area contributed by atoms with Crippen molar-refractivity contribution in [1.82, 2.24) is 4.90 Å². The number of amides is 2. The predicted octanol–water partition coefficient (Wildman–Crippen LogP) is 4.62. The van der Waals surface area contributed by atoms with Gasteiger partial charge in [0.15, 0.2) is 0 Å². The number of nitrogens with zero attached hydrogens (tertiary/aromatic N) is 1. The number of carbonyl (C=O) groups is 2. The molecule has 1 aliphatic carbocycles. The monoisotopic (exact) mass is 359 g/mol. The highest BCUT2D eigenvalue weighted by molar-refractivity contribution is 6.77. The lowest BCUT2D eigenvalue weighted by atomic mass is 10.1. The van der Waals surface area contributed by atoms with E-state index in [4.69, 9.17) is 4.43 Å². The first-order valence-corrected chi connectivity index (χ1v) is 11.5. The van der Waals surface area contributed by atoms with E-state index in [-0.39, 0.29) is 24.0 Å². The molecule has 0 saturated heterocycles. The highest BCUT2D eigenvalue weighted by Gasteiger charge is 2.56. The first kappa shape index (κ1) is 18.3. The van der Waals surface area contributed by atoms with E-state index in [1.54, 1.807) is 12.1 Å². The summed E-state index contributed by atoms with van der Waals surface area (Å²) in [5.74, 6) is -0.329. The zero-order valence-corrected chi connectivity index (χ0v) is 17.1. The molecule has 0 bridgehead atoms. The van der Waals surface area contributed by atoms with Crippen molar-refractivity contribution < 1.29 is 14.0 Å². The molecule has 0 aromatic heterocycles. The van der Waals surface area contributed by atoms with Crippen LogP contribution in [0.5, 0.6) is 0 Å². The number of hydrogen-bond donors (Lipinski definition) is 0. The van der Waals surface area contributed by atoms with Gasteiger partial charge in [0.2, 0.25) is 8.32 Å². The Morgan fingerprint density at radius 3 is 1.76 bits per heavy atom. The number of fused-ring (bicyclic) bond motifs is 1. The molecule has 3 rings (SSSR count). The van der Waals surface area contributed by atoms with Gasteiger partial charge in [-0.05, 0) is 35.2 Å². The van der Waals surface area contributed by atoms with Gasteiger partial charge in [-0.3, -0.25) is 14.5 Å². The van der Waals surface area contributed by atoms with Gasteiger partial charge >= 0.3 is 0 Å². The SMILES string of the molecule is CC(C)[Si](O[C@H]1C[C@H]1N1C(=O)c2ccccc2C1=O)(C(C)C)C(C)C. The molecule has 0 N–H and O–H groups in total. The van der Waals surface area contributed by atoms with E-state index >= 15 is 0 Å². The average molecular weight is 360 g/mol. The van der Waals surface area contributed by atoms with Crippen molar-refractivity contribution in [3.05, 3.63) is 35.4 Å². The van der Waals surface area contributed by atoms with Gasteiger partial charge < -0.3 is 4.43 Å². The average Bonchev–Trinajstić information content (AvgIpc) is 3.24. The summed E-state index contributed by atoms with van der Waals surface area (Å²) in [6.45, 7) is 13.5. The predicted molar refractivity (Wildman–Crippen MR) is 101 cm³/mol. The number of hydrogen-bond acceptors (Lipinski definition) is 3. The second kappa shape index (κ2) is 6.36. The van der Waals surface area contributed by atoms with Crippen LogP contribution in [0, 0.1) is 0 Å². The maximum Gasteiger partial charge on any atom is 0.261 e. The molecule has 5 heteroatoms. The third kappa shape index (κ3) is 2.77. The second-order valence-electron chi connectivity index (χ2n) is 8.30. The van der Waals surface area contributed by atoms with E-state index in [0.717, 1.165) is 6.42 Å². The molecule has 2 atom stereocenters. The van der Waals surface area contributed by atoms with Crippen LogP contribution in [0.2, 0.25) is 16.6 Å². The summed E-state index contributed by atoms with van der Waals surface area (Å²) in [5.41, 5.74) is 2.54. The van der Waals surface area contributed by atoms with Crippen LogP contribution in [0.15, 0.2) is 24.3 Å². The summed E-state index contributed by atoms with van der Waals surface area (Å²) in [4.78, 5) is 26.8. The molecule has 1 fully saturated rings. The summed E-state index contributed by atoms with van der Waals surface area (Å²) in [6.07, 6.45) is 0.771. The zero-order valence-electron chi connectivity index (χ0n) is 16.1. The Hall–Kier alpha value is -1.46. The molecule has 0 unspecified atom stereocenters. The number of rotatable bonds is 6. The maximum atomic E-state index is 12.7. The molecule has 4 nitrogen and oxygen atoms in total. The van der Waals surface area contributed by atoms with Crippen LogP contribution in [-0.2, 0) is 4.43 Å². The smallest absolute Gasteiger partial charge is 0.261 e. The molecule has 1 aromatic rings. The van der Waals surface area contributed by atoms with Crippen molar-refractivity contribution in [3.63, 3.8) is 0 Å². The molecule has 136 valence electrons. The Morgan fingerprint density at radius 2 is 1.36 bits per heavy atom. The molecule has 1 aromatic carbocycles. The van der Waals surface area contributed by atoms with Crippen molar-refractivity contribution in [2.75, 3.05) is 0 Å². The Morgan fingerprint density at radius 1 is 0.920 bits per heavy atom. The van der Waals surface area contributed by atoms with Crippen molar-refractivity contribution in [1.29, 1.82) is 0 Å². The van der Waals surface area contributed by atoms with Gasteiger partial charge in [-0.2, -0.15) is 0 Å². The van der Waals surface area contributed by atoms with Gasteiger partial charge in [-0.1, -0.05) is 53.7 Å². The minimum absolute atomic E-state index is 0.000999. The fourth-order valence-corrected chi connectivity index (χ4v) is 10.3. The molecule has 1 saturated carbocycles. The molecule has 0 spiro atoms. The molecule has 0 radical (unpaired) electrons. The highest BCUT2D eigenvalue weighted by atomic mass is 28.4. The van der Waals surface area contributed by atoms with Crippen LogP contribution in [0.1, 0.15) is 68.7 Å². The first-order valence-electron chi connectivity index (χ1n) is 9.36. The minimum atomic E-state index is -1.99. The Kier molecular flexibility index (Phi) is 4.66. The summed E-state index contributed by atoms with van der Waals surface area (Å²) in [6, 6.07) is 6.99. The van der Waals surface area contributed by atoms with Crippen molar-refractivity contribution in [2.45, 2.75) is 76.7 Å². The van der Waals surface area contributed by atoms with Crippen LogP contribution < -0.4 is 0 Å². The molecule has 2 aliphatic rings. The standard InChI is InChI=1S/C20H29NO3Si/c1-12(2)25(13(3)4,14(5)6)24-18-11-17(18)21-19(22)15-9-7-8-10-16(15)20(21)23/h7-10,12-14,17-18H,11H2,1-6H3/t17-,18+/m1/s1. The maximum absolute atomic E-state index is 12.7. The van der Waals surface area contributed by atoms with Crippen LogP contribution in [0.3, 0.4) is 0 Å². The molecule has 1 heterocycles. The van der Waals surface area contributed by atoms with Gasteiger partial charge in [0.25, 0.3) is 11.8 Å². The number of carbonyl (C=O) groups excluding carboxylic acids is 2. The van der Waals surface area contributed by atoms with E-state index in [1.165, 1.54) is 4.90 Å². The van der Waals surface area contributed by atoms with Crippen LogP contribution in [-0.4, -0.2) is 37.2 Å². The van der Waals surface area contributed by atoms with E-state index in [2.05, 4.69) is 41.5 Å². The van der Waals surface area contributed by atoms with Gasteiger partial charge in [0, 0.05) is 0 Å².